The average Bonchev–Trinajstić information content (AvgIpc) is 2.95. The molecule has 0 aliphatic heterocycles. The lowest BCUT2D eigenvalue weighted by atomic mass is 10.2. The Hall–Kier alpha value is -2.61. The van der Waals surface area contributed by atoms with Crippen LogP contribution in [0.5, 0.6) is 0 Å². The number of hydrogen-bond acceptors (Lipinski definition) is 4. The number of nitrogens with one attached hydrogen (secondary N) is 1. The number of amides is 1. The molecule has 1 N–H and O–H groups in total. The van der Waals surface area contributed by atoms with E-state index < -0.39 is 17.5 Å². The zero-order valence-corrected chi connectivity index (χ0v) is 15.1. The van der Waals surface area contributed by atoms with Crippen LogP contribution in [0.3, 0.4) is 0 Å². The van der Waals surface area contributed by atoms with Crippen LogP contribution in [0.15, 0.2) is 29.3 Å². The second kappa shape index (κ2) is 7.33. The molecule has 0 radical (unpaired) electrons. The second-order valence-electron chi connectivity index (χ2n) is 5.91. The summed E-state index contributed by atoms with van der Waals surface area (Å²) in [6.45, 7) is 4.24. The first-order valence-electron chi connectivity index (χ1n) is 8.17. The van der Waals surface area contributed by atoms with Gasteiger partial charge in [-0.15, -0.1) is 11.3 Å². The van der Waals surface area contributed by atoms with Crippen LogP contribution in [-0.4, -0.2) is 15.5 Å². The number of nitrogens with zero attached hydrogens (tertiary/aromatic N) is 2. The molecule has 3 rings (SSSR count). The standard InChI is InChI=1S/C18H17F2N3O2S/c1-3-4-7-23-9-21-17-14(18(23)25)10(2)15(26-17)16(24)22-13-8-11(19)5-6-12(13)20/h5-6,8-9H,3-4,7H2,1-2H3,(H,22,24). The van der Waals surface area contributed by atoms with Gasteiger partial charge in [-0.1, -0.05) is 13.3 Å². The van der Waals surface area contributed by atoms with E-state index in [1.165, 1.54) is 10.9 Å². The fourth-order valence-electron chi connectivity index (χ4n) is 2.64. The fraction of sp³-hybridized carbons (Fsp3) is 0.278. The number of benzene rings is 1. The SMILES string of the molecule is CCCCn1cnc2sc(C(=O)Nc3cc(F)ccc3F)c(C)c2c1=O. The Morgan fingerprint density at radius 1 is 1.35 bits per heavy atom. The Balaban J connectivity index is 1.99. The van der Waals surface area contributed by atoms with Gasteiger partial charge in [0, 0.05) is 12.6 Å². The number of carbonyl (C=O) groups excluding carboxylic acids is 1. The van der Waals surface area contributed by atoms with Crippen molar-refractivity contribution in [3.05, 3.63) is 57.0 Å². The highest BCUT2D eigenvalue weighted by Gasteiger charge is 2.20. The number of aromatic nitrogens is 2. The minimum Gasteiger partial charge on any atom is -0.319 e. The van der Waals surface area contributed by atoms with Gasteiger partial charge in [-0.25, -0.2) is 13.8 Å². The van der Waals surface area contributed by atoms with E-state index in [2.05, 4.69) is 10.3 Å². The van der Waals surface area contributed by atoms with Gasteiger partial charge < -0.3 is 5.32 Å². The van der Waals surface area contributed by atoms with Crippen LogP contribution >= 0.6 is 11.3 Å². The maximum absolute atomic E-state index is 13.7. The third-order valence-corrected chi connectivity index (χ3v) is 5.25. The molecule has 3 aromatic rings. The van der Waals surface area contributed by atoms with Gasteiger partial charge in [-0.3, -0.25) is 14.2 Å². The minimum atomic E-state index is -0.737. The van der Waals surface area contributed by atoms with Crippen LogP contribution in [0, 0.1) is 18.6 Å². The molecule has 136 valence electrons. The molecule has 0 unspecified atom stereocenters. The van der Waals surface area contributed by atoms with Crippen molar-refractivity contribution in [1.29, 1.82) is 0 Å². The normalized spacial score (nSPS) is 11.1. The fourth-order valence-corrected chi connectivity index (χ4v) is 3.67. The lowest BCUT2D eigenvalue weighted by Crippen LogP contribution is -2.20. The summed E-state index contributed by atoms with van der Waals surface area (Å²) in [5, 5.41) is 2.74. The number of unbranched alkanes of at least 4 members (excludes halogenated alkanes) is 1. The third kappa shape index (κ3) is 3.37. The maximum atomic E-state index is 13.7. The molecule has 0 saturated carbocycles. The zero-order chi connectivity index (χ0) is 18.8. The van der Waals surface area contributed by atoms with Crippen molar-refractivity contribution in [2.75, 3.05) is 5.32 Å². The van der Waals surface area contributed by atoms with Gasteiger partial charge in [-0.05, 0) is 31.0 Å². The molecule has 2 heterocycles. The lowest BCUT2D eigenvalue weighted by Gasteiger charge is -2.06. The first-order chi connectivity index (χ1) is 12.4. The Kier molecular flexibility index (Phi) is 5.13. The van der Waals surface area contributed by atoms with Crippen molar-refractivity contribution >= 4 is 33.1 Å². The monoisotopic (exact) mass is 377 g/mol. The lowest BCUT2D eigenvalue weighted by molar-refractivity contribution is 0.102. The molecule has 0 saturated heterocycles. The summed E-state index contributed by atoms with van der Waals surface area (Å²) in [5.74, 6) is -2.00. The average molecular weight is 377 g/mol. The van der Waals surface area contributed by atoms with E-state index in [1.807, 2.05) is 6.92 Å². The van der Waals surface area contributed by atoms with Gasteiger partial charge in [-0.2, -0.15) is 0 Å². The van der Waals surface area contributed by atoms with Gasteiger partial charge in [0.1, 0.15) is 16.5 Å². The molecule has 0 fully saturated rings. The van der Waals surface area contributed by atoms with E-state index >= 15 is 0 Å². The van der Waals surface area contributed by atoms with Crippen molar-refractivity contribution in [3.63, 3.8) is 0 Å². The third-order valence-electron chi connectivity index (χ3n) is 4.05. The Bertz CT molecular complexity index is 1040. The number of carbonyl (C=O) groups is 1. The van der Waals surface area contributed by atoms with E-state index in [-0.39, 0.29) is 16.1 Å². The minimum absolute atomic E-state index is 0.201. The highest BCUT2D eigenvalue weighted by atomic mass is 32.1. The van der Waals surface area contributed by atoms with Crippen molar-refractivity contribution in [3.8, 4) is 0 Å². The number of hydrogen-bond donors (Lipinski definition) is 1. The van der Waals surface area contributed by atoms with Gasteiger partial charge in [0.15, 0.2) is 0 Å². The molecule has 2 aromatic heterocycles. The van der Waals surface area contributed by atoms with Gasteiger partial charge in [0.05, 0.1) is 22.3 Å². The number of halogens is 2. The smallest absolute Gasteiger partial charge is 0.266 e. The summed E-state index contributed by atoms with van der Waals surface area (Å²) in [4.78, 5) is 30.1. The van der Waals surface area contributed by atoms with Crippen LogP contribution in [0.4, 0.5) is 14.5 Å². The van der Waals surface area contributed by atoms with Crippen molar-refractivity contribution in [1.82, 2.24) is 9.55 Å². The number of aryl methyl sites for hydroxylation is 2. The molecule has 0 spiro atoms. The number of fused-ring (bicyclic) bond motifs is 1. The van der Waals surface area contributed by atoms with E-state index in [9.17, 15) is 18.4 Å². The topological polar surface area (TPSA) is 64.0 Å². The van der Waals surface area contributed by atoms with Gasteiger partial charge in [0.25, 0.3) is 11.5 Å². The Morgan fingerprint density at radius 2 is 2.12 bits per heavy atom. The summed E-state index contributed by atoms with van der Waals surface area (Å²) < 4.78 is 28.5. The summed E-state index contributed by atoms with van der Waals surface area (Å²) >= 11 is 1.06. The summed E-state index contributed by atoms with van der Waals surface area (Å²) in [6.07, 6.45) is 3.27. The first kappa shape index (κ1) is 18.2. The highest BCUT2D eigenvalue weighted by molar-refractivity contribution is 7.20. The molecule has 0 aliphatic carbocycles. The molecule has 0 aliphatic rings. The maximum Gasteiger partial charge on any atom is 0.266 e. The number of rotatable bonds is 5. The Morgan fingerprint density at radius 3 is 2.85 bits per heavy atom. The number of thiophene rings is 1. The predicted octanol–water partition coefficient (Wildman–Crippen LogP) is 4.10. The largest absolute Gasteiger partial charge is 0.319 e. The van der Waals surface area contributed by atoms with E-state index in [4.69, 9.17) is 0 Å². The molecule has 0 bridgehead atoms. The van der Waals surface area contributed by atoms with E-state index in [0.717, 1.165) is 42.4 Å². The van der Waals surface area contributed by atoms with Crippen LogP contribution in [0.1, 0.15) is 35.0 Å². The first-order valence-corrected chi connectivity index (χ1v) is 8.99. The molecule has 0 atom stereocenters. The summed E-state index contributed by atoms with van der Waals surface area (Å²) in [7, 11) is 0. The molecular formula is C18H17F2N3O2S. The number of anilines is 1. The van der Waals surface area contributed by atoms with Crippen LogP contribution in [-0.2, 0) is 6.54 Å². The van der Waals surface area contributed by atoms with E-state index in [0.29, 0.717) is 22.3 Å². The van der Waals surface area contributed by atoms with E-state index in [1.54, 1.807) is 6.92 Å². The molecule has 1 amide bonds. The molecule has 8 heteroatoms. The Labute approximate surface area is 152 Å². The van der Waals surface area contributed by atoms with Gasteiger partial charge >= 0.3 is 0 Å². The molecule has 1 aromatic carbocycles. The second-order valence-corrected chi connectivity index (χ2v) is 6.91. The predicted molar refractivity (Wildman–Crippen MR) is 97.8 cm³/mol. The van der Waals surface area contributed by atoms with Gasteiger partial charge in [0.2, 0.25) is 0 Å². The molecule has 26 heavy (non-hydrogen) atoms. The van der Waals surface area contributed by atoms with Crippen LogP contribution < -0.4 is 10.9 Å². The summed E-state index contributed by atoms with van der Waals surface area (Å²) in [5.41, 5.74) is 0.0380. The summed E-state index contributed by atoms with van der Waals surface area (Å²) in [6, 6.07) is 2.82. The van der Waals surface area contributed by atoms with Crippen molar-refractivity contribution in [2.24, 2.45) is 0 Å². The highest BCUT2D eigenvalue weighted by Crippen LogP contribution is 2.28. The quantitative estimate of drug-likeness (QED) is 0.728. The van der Waals surface area contributed by atoms with Crippen LogP contribution in [0.25, 0.3) is 10.2 Å². The zero-order valence-electron chi connectivity index (χ0n) is 14.3. The molecule has 5 nitrogen and oxygen atoms in total. The van der Waals surface area contributed by atoms with Crippen molar-refractivity contribution in [2.45, 2.75) is 33.2 Å². The van der Waals surface area contributed by atoms with Crippen molar-refractivity contribution < 1.29 is 13.6 Å². The molecular weight excluding hydrogens is 360 g/mol. The van der Waals surface area contributed by atoms with Crippen LogP contribution in [0.2, 0.25) is 0 Å².